The quantitative estimate of drug-likeness (QED) is 0.240. The number of rotatable bonds is 20. The third kappa shape index (κ3) is 20.0. The molecule has 0 spiro atoms. The van der Waals surface area contributed by atoms with E-state index in [4.69, 9.17) is 4.74 Å². The second-order valence-electron chi connectivity index (χ2n) is 7.47. The monoisotopic (exact) mass is 342 g/mol. The Morgan fingerprint density at radius 1 is 0.583 bits per heavy atom. The van der Waals surface area contributed by atoms with Crippen LogP contribution in [0.4, 0.5) is 0 Å². The second kappa shape index (κ2) is 21.0. The SMILES string of the molecule is CCCCCCCCCCCCOCC(O)CCCCCCCC. The number of hydrogen-bond donors (Lipinski definition) is 1. The molecule has 1 N–H and O–H groups in total. The van der Waals surface area contributed by atoms with Gasteiger partial charge in [-0.15, -0.1) is 0 Å². The van der Waals surface area contributed by atoms with Crippen LogP contribution < -0.4 is 0 Å². The van der Waals surface area contributed by atoms with Crippen LogP contribution in [0.3, 0.4) is 0 Å². The van der Waals surface area contributed by atoms with E-state index >= 15 is 0 Å². The van der Waals surface area contributed by atoms with Gasteiger partial charge in [0.1, 0.15) is 0 Å². The van der Waals surface area contributed by atoms with E-state index in [-0.39, 0.29) is 6.10 Å². The molecule has 0 aromatic carbocycles. The summed E-state index contributed by atoms with van der Waals surface area (Å²) in [5, 5.41) is 9.89. The highest BCUT2D eigenvalue weighted by atomic mass is 16.5. The zero-order valence-electron chi connectivity index (χ0n) is 16.9. The first-order valence-corrected chi connectivity index (χ1v) is 11.1. The van der Waals surface area contributed by atoms with Crippen molar-refractivity contribution in [3.05, 3.63) is 0 Å². The van der Waals surface area contributed by atoms with Crippen molar-refractivity contribution < 1.29 is 9.84 Å². The maximum Gasteiger partial charge on any atom is 0.0773 e. The lowest BCUT2D eigenvalue weighted by atomic mass is 10.1. The van der Waals surface area contributed by atoms with E-state index in [0.717, 1.165) is 25.9 Å². The summed E-state index contributed by atoms with van der Waals surface area (Å²) in [6.45, 7) is 5.88. The topological polar surface area (TPSA) is 29.5 Å². The van der Waals surface area contributed by atoms with Gasteiger partial charge in [-0.25, -0.2) is 0 Å². The lowest BCUT2D eigenvalue weighted by Crippen LogP contribution is -2.15. The minimum absolute atomic E-state index is 0.251. The Bertz CT molecular complexity index is 218. The number of ether oxygens (including phenoxy) is 1. The lowest BCUT2D eigenvalue weighted by Gasteiger charge is -2.11. The first-order valence-electron chi connectivity index (χ1n) is 11.1. The molecule has 0 rings (SSSR count). The summed E-state index contributed by atoms with van der Waals surface area (Å²) in [6.07, 6.45) is 22.0. The number of aliphatic hydroxyl groups is 1. The van der Waals surface area contributed by atoms with Crippen molar-refractivity contribution in [2.24, 2.45) is 0 Å². The zero-order valence-corrected chi connectivity index (χ0v) is 16.9. The van der Waals surface area contributed by atoms with E-state index in [0.29, 0.717) is 6.61 Å². The molecule has 0 aliphatic rings. The summed E-state index contributed by atoms with van der Waals surface area (Å²) >= 11 is 0. The summed E-state index contributed by atoms with van der Waals surface area (Å²) in [5.41, 5.74) is 0. The first-order chi connectivity index (χ1) is 11.8. The Hall–Kier alpha value is -0.0800. The number of hydrogen-bond acceptors (Lipinski definition) is 2. The third-order valence-corrected chi connectivity index (χ3v) is 4.84. The first kappa shape index (κ1) is 23.9. The van der Waals surface area contributed by atoms with Crippen LogP contribution in [-0.4, -0.2) is 24.4 Å². The largest absolute Gasteiger partial charge is 0.391 e. The highest BCUT2D eigenvalue weighted by Crippen LogP contribution is 2.11. The molecule has 0 aromatic rings. The van der Waals surface area contributed by atoms with Crippen molar-refractivity contribution in [1.29, 1.82) is 0 Å². The number of aliphatic hydroxyl groups excluding tert-OH is 1. The van der Waals surface area contributed by atoms with E-state index < -0.39 is 0 Å². The van der Waals surface area contributed by atoms with Gasteiger partial charge in [0.25, 0.3) is 0 Å². The summed E-state index contributed by atoms with van der Waals surface area (Å²) in [5.74, 6) is 0. The van der Waals surface area contributed by atoms with E-state index in [1.165, 1.54) is 89.9 Å². The van der Waals surface area contributed by atoms with Crippen molar-refractivity contribution >= 4 is 0 Å². The minimum atomic E-state index is -0.251. The van der Waals surface area contributed by atoms with Gasteiger partial charge < -0.3 is 9.84 Å². The molecule has 146 valence electrons. The molecule has 1 unspecified atom stereocenters. The lowest BCUT2D eigenvalue weighted by molar-refractivity contribution is 0.0297. The van der Waals surface area contributed by atoms with Crippen molar-refractivity contribution in [1.82, 2.24) is 0 Å². The van der Waals surface area contributed by atoms with Crippen molar-refractivity contribution in [2.75, 3.05) is 13.2 Å². The molecule has 0 amide bonds. The van der Waals surface area contributed by atoms with Gasteiger partial charge in [-0.1, -0.05) is 110 Å². The molecular formula is C22H46O2. The summed E-state index contributed by atoms with van der Waals surface area (Å²) < 4.78 is 5.61. The van der Waals surface area contributed by atoms with Crippen molar-refractivity contribution in [3.8, 4) is 0 Å². The van der Waals surface area contributed by atoms with Gasteiger partial charge in [0.05, 0.1) is 12.7 Å². The molecule has 0 aromatic heterocycles. The molecule has 0 heterocycles. The predicted octanol–water partition coefficient (Wildman–Crippen LogP) is 7.04. The van der Waals surface area contributed by atoms with Gasteiger partial charge in [-0.05, 0) is 12.8 Å². The Balaban J connectivity index is 3.10. The van der Waals surface area contributed by atoms with Crippen molar-refractivity contribution in [3.63, 3.8) is 0 Å². The van der Waals surface area contributed by atoms with Gasteiger partial charge >= 0.3 is 0 Å². The third-order valence-electron chi connectivity index (χ3n) is 4.84. The molecule has 24 heavy (non-hydrogen) atoms. The smallest absolute Gasteiger partial charge is 0.0773 e. The summed E-state index contributed by atoms with van der Waals surface area (Å²) in [6, 6.07) is 0. The second-order valence-corrected chi connectivity index (χ2v) is 7.47. The fourth-order valence-corrected chi connectivity index (χ4v) is 3.15. The average molecular weight is 343 g/mol. The van der Waals surface area contributed by atoms with Crippen LogP contribution >= 0.6 is 0 Å². The van der Waals surface area contributed by atoms with Crippen LogP contribution in [0.5, 0.6) is 0 Å². The van der Waals surface area contributed by atoms with Crippen LogP contribution in [0, 0.1) is 0 Å². The maximum atomic E-state index is 9.89. The standard InChI is InChI=1S/C22H46O2/c1-3-5-7-9-11-12-13-14-16-18-20-24-21-22(23)19-17-15-10-8-6-4-2/h22-23H,3-21H2,1-2H3. The molecule has 0 fully saturated rings. The zero-order chi connectivity index (χ0) is 17.7. The molecule has 0 radical (unpaired) electrons. The molecular weight excluding hydrogens is 296 g/mol. The Labute approximate surface area is 152 Å². The Kier molecular flexibility index (Phi) is 20.9. The highest BCUT2D eigenvalue weighted by Gasteiger charge is 2.03. The van der Waals surface area contributed by atoms with Gasteiger partial charge in [0.15, 0.2) is 0 Å². The Morgan fingerprint density at radius 2 is 1.00 bits per heavy atom. The van der Waals surface area contributed by atoms with Crippen LogP contribution in [-0.2, 0) is 4.74 Å². The van der Waals surface area contributed by atoms with Crippen LogP contribution in [0.2, 0.25) is 0 Å². The van der Waals surface area contributed by atoms with E-state index in [2.05, 4.69) is 13.8 Å². The van der Waals surface area contributed by atoms with E-state index in [9.17, 15) is 5.11 Å². The molecule has 1 atom stereocenters. The maximum absolute atomic E-state index is 9.89. The normalized spacial score (nSPS) is 12.6. The molecule has 0 saturated carbocycles. The minimum Gasteiger partial charge on any atom is -0.391 e. The fourth-order valence-electron chi connectivity index (χ4n) is 3.15. The van der Waals surface area contributed by atoms with Crippen LogP contribution in [0.15, 0.2) is 0 Å². The molecule has 2 heteroatoms. The van der Waals surface area contributed by atoms with Gasteiger partial charge in [-0.3, -0.25) is 0 Å². The fraction of sp³-hybridized carbons (Fsp3) is 1.00. The van der Waals surface area contributed by atoms with Gasteiger partial charge in [-0.2, -0.15) is 0 Å². The Morgan fingerprint density at radius 3 is 1.50 bits per heavy atom. The van der Waals surface area contributed by atoms with Crippen molar-refractivity contribution in [2.45, 2.75) is 129 Å². The average Bonchev–Trinajstić information content (AvgIpc) is 2.59. The summed E-state index contributed by atoms with van der Waals surface area (Å²) in [7, 11) is 0. The van der Waals surface area contributed by atoms with E-state index in [1.54, 1.807) is 0 Å². The van der Waals surface area contributed by atoms with Gasteiger partial charge in [0, 0.05) is 6.61 Å². The predicted molar refractivity (Wildman–Crippen MR) is 107 cm³/mol. The summed E-state index contributed by atoms with van der Waals surface area (Å²) in [4.78, 5) is 0. The molecule has 0 saturated heterocycles. The van der Waals surface area contributed by atoms with Crippen LogP contribution in [0.25, 0.3) is 0 Å². The molecule has 0 aliphatic heterocycles. The highest BCUT2D eigenvalue weighted by molar-refractivity contribution is 4.55. The van der Waals surface area contributed by atoms with E-state index in [1.807, 2.05) is 0 Å². The molecule has 0 bridgehead atoms. The molecule has 2 nitrogen and oxygen atoms in total. The number of unbranched alkanes of at least 4 members (excludes halogenated alkanes) is 14. The molecule has 0 aliphatic carbocycles. The van der Waals surface area contributed by atoms with Crippen LogP contribution in [0.1, 0.15) is 123 Å². The van der Waals surface area contributed by atoms with Gasteiger partial charge in [0.2, 0.25) is 0 Å².